The Balaban J connectivity index is 1.88. The monoisotopic (exact) mass is 437 g/mol. The maximum absolute atomic E-state index is 13.1. The second-order valence-corrected chi connectivity index (χ2v) is 10.7. The number of hydrogen-bond acceptors (Lipinski definition) is 4. The van der Waals surface area contributed by atoms with Gasteiger partial charge < -0.3 is 14.2 Å². The fourth-order valence-electron chi connectivity index (χ4n) is 4.53. The highest BCUT2D eigenvalue weighted by Crippen LogP contribution is 2.35. The molecular formula is C26H47NO4. The van der Waals surface area contributed by atoms with Crippen LogP contribution in [0.4, 0.5) is 4.79 Å². The van der Waals surface area contributed by atoms with Gasteiger partial charge in [0.15, 0.2) is 5.79 Å². The first-order valence-electron chi connectivity index (χ1n) is 12.6. The Labute approximate surface area is 190 Å². The van der Waals surface area contributed by atoms with E-state index in [2.05, 4.69) is 19.1 Å². The van der Waals surface area contributed by atoms with Crippen LogP contribution in [0.1, 0.15) is 112 Å². The summed E-state index contributed by atoms with van der Waals surface area (Å²) < 4.78 is 17.8. The second-order valence-electron chi connectivity index (χ2n) is 10.7. The number of unbranched alkanes of at least 4 members (excludes halogenated alkanes) is 8. The number of amides is 1. The second kappa shape index (κ2) is 12.2. The normalized spacial score (nSPS) is 26.1. The molecule has 1 amide bonds. The van der Waals surface area contributed by atoms with Crippen molar-refractivity contribution in [3.8, 4) is 0 Å². The molecule has 2 rings (SSSR count). The first kappa shape index (κ1) is 26.2. The maximum Gasteiger partial charge on any atom is 0.411 e. The minimum absolute atomic E-state index is 0.00590. The van der Waals surface area contributed by atoms with Crippen molar-refractivity contribution in [2.75, 3.05) is 6.61 Å². The third-order valence-corrected chi connectivity index (χ3v) is 6.11. The van der Waals surface area contributed by atoms with Gasteiger partial charge in [0.2, 0.25) is 0 Å². The number of carbonyl (C=O) groups excluding carboxylic acids is 1. The molecule has 2 saturated heterocycles. The van der Waals surface area contributed by atoms with Crippen LogP contribution in [-0.4, -0.2) is 47.2 Å². The van der Waals surface area contributed by atoms with Crippen molar-refractivity contribution in [1.29, 1.82) is 0 Å². The number of carbonyl (C=O) groups is 1. The van der Waals surface area contributed by atoms with E-state index in [0.29, 0.717) is 6.61 Å². The lowest BCUT2D eigenvalue weighted by atomic mass is 9.91. The fraction of sp³-hybridized carbons (Fsp3) is 0.885. The number of allylic oxidation sites excluding steroid dienone is 1. The number of likely N-dealkylation sites (tertiary alicyclic amines) is 1. The molecule has 0 saturated carbocycles. The van der Waals surface area contributed by atoms with Gasteiger partial charge in [0, 0.05) is 0 Å². The molecule has 0 aromatic heterocycles. The van der Waals surface area contributed by atoms with Gasteiger partial charge in [-0.05, 0) is 60.3 Å². The Bertz CT molecular complexity index is 566. The largest absolute Gasteiger partial charge is 0.444 e. The molecule has 2 heterocycles. The van der Waals surface area contributed by atoms with E-state index in [1.807, 2.05) is 39.5 Å². The molecule has 0 spiro atoms. The highest BCUT2D eigenvalue weighted by Gasteiger charge is 2.47. The van der Waals surface area contributed by atoms with E-state index in [4.69, 9.17) is 14.2 Å². The van der Waals surface area contributed by atoms with Crippen molar-refractivity contribution in [3.05, 3.63) is 12.2 Å². The fourth-order valence-corrected chi connectivity index (χ4v) is 4.53. The van der Waals surface area contributed by atoms with Crippen molar-refractivity contribution in [2.24, 2.45) is 0 Å². The molecule has 0 unspecified atom stereocenters. The summed E-state index contributed by atoms with van der Waals surface area (Å²) in [7, 11) is 0. The van der Waals surface area contributed by atoms with E-state index >= 15 is 0 Å². The first-order chi connectivity index (χ1) is 14.6. The molecule has 2 aliphatic rings. The topological polar surface area (TPSA) is 48.0 Å². The third-order valence-electron chi connectivity index (χ3n) is 6.11. The molecule has 0 aliphatic carbocycles. The summed E-state index contributed by atoms with van der Waals surface area (Å²) in [5, 5.41) is 0. The van der Waals surface area contributed by atoms with Crippen LogP contribution in [0.2, 0.25) is 0 Å². The van der Waals surface area contributed by atoms with Crippen molar-refractivity contribution in [2.45, 2.75) is 142 Å². The van der Waals surface area contributed by atoms with Gasteiger partial charge in [-0.25, -0.2) is 4.79 Å². The van der Waals surface area contributed by atoms with Crippen molar-refractivity contribution < 1.29 is 19.0 Å². The highest BCUT2D eigenvalue weighted by atomic mass is 16.7. The average molecular weight is 438 g/mol. The molecule has 2 aliphatic heterocycles. The van der Waals surface area contributed by atoms with Gasteiger partial charge in [0.1, 0.15) is 5.60 Å². The molecule has 5 heteroatoms. The Kier molecular flexibility index (Phi) is 10.3. The van der Waals surface area contributed by atoms with Crippen LogP contribution in [0.15, 0.2) is 12.2 Å². The lowest BCUT2D eigenvalue weighted by molar-refractivity contribution is -0.300. The van der Waals surface area contributed by atoms with Crippen LogP contribution >= 0.6 is 0 Å². The predicted molar refractivity (Wildman–Crippen MR) is 126 cm³/mol. The molecule has 0 radical (unpaired) electrons. The quantitative estimate of drug-likeness (QED) is 0.273. The van der Waals surface area contributed by atoms with Gasteiger partial charge in [-0.2, -0.15) is 0 Å². The lowest BCUT2D eigenvalue weighted by Gasteiger charge is -2.50. The molecule has 180 valence electrons. The highest BCUT2D eigenvalue weighted by molar-refractivity contribution is 5.69. The van der Waals surface area contributed by atoms with Crippen LogP contribution in [0.25, 0.3) is 0 Å². The van der Waals surface area contributed by atoms with Gasteiger partial charge in [-0.15, -0.1) is 0 Å². The van der Waals surface area contributed by atoms with Gasteiger partial charge in [-0.3, -0.25) is 4.90 Å². The Morgan fingerprint density at radius 2 is 1.71 bits per heavy atom. The summed E-state index contributed by atoms with van der Waals surface area (Å²) >= 11 is 0. The van der Waals surface area contributed by atoms with Gasteiger partial charge in [0.25, 0.3) is 0 Å². The first-order valence-corrected chi connectivity index (χ1v) is 12.6. The smallest absolute Gasteiger partial charge is 0.411 e. The molecule has 0 aromatic rings. The van der Waals surface area contributed by atoms with Crippen LogP contribution < -0.4 is 0 Å². The van der Waals surface area contributed by atoms with Crippen LogP contribution in [-0.2, 0) is 14.2 Å². The molecular weight excluding hydrogens is 390 g/mol. The molecule has 2 fully saturated rings. The number of fused-ring (bicyclic) bond motifs is 1. The summed E-state index contributed by atoms with van der Waals surface area (Å²) in [6, 6.07) is -0.0621. The summed E-state index contributed by atoms with van der Waals surface area (Å²) in [6.45, 7) is 12.4. The van der Waals surface area contributed by atoms with E-state index in [0.717, 1.165) is 19.3 Å². The number of rotatable bonds is 10. The minimum Gasteiger partial charge on any atom is -0.444 e. The zero-order valence-electron chi connectivity index (χ0n) is 21.0. The number of hydrogen-bond donors (Lipinski definition) is 0. The van der Waals surface area contributed by atoms with Crippen molar-refractivity contribution >= 4 is 6.09 Å². The van der Waals surface area contributed by atoms with E-state index in [-0.39, 0.29) is 24.3 Å². The van der Waals surface area contributed by atoms with Gasteiger partial charge in [0.05, 0.1) is 24.8 Å². The van der Waals surface area contributed by atoms with Gasteiger partial charge in [-0.1, -0.05) is 64.0 Å². The van der Waals surface area contributed by atoms with Crippen LogP contribution in [0.3, 0.4) is 0 Å². The molecule has 0 aromatic carbocycles. The van der Waals surface area contributed by atoms with E-state index < -0.39 is 11.4 Å². The Morgan fingerprint density at radius 1 is 1.06 bits per heavy atom. The molecule has 31 heavy (non-hydrogen) atoms. The Hall–Kier alpha value is -1.07. The summed E-state index contributed by atoms with van der Waals surface area (Å²) in [4.78, 5) is 15.0. The number of nitrogens with zero attached hydrogens (tertiary/aromatic N) is 1. The minimum atomic E-state index is -0.597. The number of piperidine rings is 1. The van der Waals surface area contributed by atoms with Crippen molar-refractivity contribution in [1.82, 2.24) is 4.90 Å². The van der Waals surface area contributed by atoms with Crippen molar-refractivity contribution in [3.63, 3.8) is 0 Å². The van der Waals surface area contributed by atoms with E-state index in [1.54, 1.807) is 0 Å². The van der Waals surface area contributed by atoms with Gasteiger partial charge >= 0.3 is 6.09 Å². The number of ether oxygens (including phenoxy) is 3. The molecule has 0 N–H and O–H groups in total. The van der Waals surface area contributed by atoms with Crippen LogP contribution in [0, 0.1) is 0 Å². The van der Waals surface area contributed by atoms with E-state index in [1.165, 1.54) is 51.4 Å². The lowest BCUT2D eigenvalue weighted by Crippen LogP contribution is -2.63. The standard InChI is InChI=1S/C26H47NO4/c1-7-8-9-10-11-12-13-14-15-16-17-21-18-19-23-22(20-29-26(5,6)30-23)27(21)24(28)31-25(2,3)4/h16-17,21-23H,7-15,18-20H2,1-6H3/b17-16+/t21-,22-,23+/m1/s1. The zero-order chi connectivity index (χ0) is 22.9. The summed E-state index contributed by atoms with van der Waals surface area (Å²) in [5.74, 6) is -0.597. The Morgan fingerprint density at radius 3 is 2.35 bits per heavy atom. The SMILES string of the molecule is CCCCCCCCCC/C=C/[C@@H]1CC[C@@H]2OC(C)(C)OC[C@H]2N1C(=O)OC(C)(C)C. The summed E-state index contributed by atoms with van der Waals surface area (Å²) in [5.41, 5.74) is -0.523. The zero-order valence-corrected chi connectivity index (χ0v) is 21.0. The van der Waals surface area contributed by atoms with E-state index in [9.17, 15) is 4.79 Å². The predicted octanol–water partition coefficient (Wildman–Crippen LogP) is 6.99. The summed E-state index contributed by atoms with van der Waals surface area (Å²) in [6.07, 6.45) is 17.7. The molecule has 0 bridgehead atoms. The third kappa shape index (κ3) is 9.13. The van der Waals surface area contributed by atoms with Crippen LogP contribution in [0.5, 0.6) is 0 Å². The average Bonchev–Trinajstić information content (AvgIpc) is 2.67. The maximum atomic E-state index is 13.1. The molecule has 5 nitrogen and oxygen atoms in total. The molecule has 3 atom stereocenters.